The third-order valence-electron chi connectivity index (χ3n) is 3.22. The molecular weight excluding hydrogens is 294 g/mol. The number of halogens is 1. The Kier molecular flexibility index (Phi) is 3.85. The number of hydrogen-bond acceptors (Lipinski definition) is 2. The molecule has 0 saturated heterocycles. The minimum Gasteiger partial charge on any atom is -0.304 e. The van der Waals surface area contributed by atoms with E-state index in [1.807, 2.05) is 12.1 Å². The lowest BCUT2D eigenvalue weighted by Crippen LogP contribution is -2.33. The van der Waals surface area contributed by atoms with E-state index >= 15 is 0 Å². The van der Waals surface area contributed by atoms with E-state index in [0.29, 0.717) is 22.5 Å². The van der Waals surface area contributed by atoms with Crippen molar-refractivity contribution in [3.8, 4) is 0 Å². The number of carbonyl (C=O) groups excluding carboxylic acids is 2. The molecule has 96 valence electrons. The molecule has 2 rings (SSSR count). The summed E-state index contributed by atoms with van der Waals surface area (Å²) >= 11 is 3.34. The molecule has 1 atom stereocenters. The number of Topliss-reactive ketones (excluding diaryl/α,β-unsaturated/α-hetero) is 1. The highest BCUT2D eigenvalue weighted by atomic mass is 79.9. The lowest BCUT2D eigenvalue weighted by molar-refractivity contribution is -0.114. The van der Waals surface area contributed by atoms with Gasteiger partial charge in [-0.3, -0.25) is 9.59 Å². The first kappa shape index (κ1) is 13.3. The van der Waals surface area contributed by atoms with Gasteiger partial charge in [-0.1, -0.05) is 26.3 Å². The van der Waals surface area contributed by atoms with Crippen molar-refractivity contribution < 1.29 is 9.59 Å². The fourth-order valence-electron chi connectivity index (χ4n) is 2.38. The lowest BCUT2D eigenvalue weighted by atomic mass is 10.1. The second kappa shape index (κ2) is 5.22. The van der Waals surface area contributed by atoms with E-state index < -0.39 is 11.7 Å². The zero-order valence-electron chi connectivity index (χ0n) is 10.6. The van der Waals surface area contributed by atoms with Crippen LogP contribution in [0.4, 0.5) is 5.69 Å². The summed E-state index contributed by atoms with van der Waals surface area (Å²) in [5, 5.41) is 0. The van der Waals surface area contributed by atoms with E-state index in [0.717, 1.165) is 18.5 Å². The third-order valence-corrected chi connectivity index (χ3v) is 3.89. The number of amides is 1. The molecule has 18 heavy (non-hydrogen) atoms. The number of fused-ring (bicyclic) bond motifs is 1. The van der Waals surface area contributed by atoms with Crippen molar-refractivity contribution in [3.05, 3.63) is 28.2 Å². The molecule has 3 nitrogen and oxygen atoms in total. The first-order chi connectivity index (χ1) is 8.56. The summed E-state index contributed by atoms with van der Waals surface area (Å²) in [5.74, 6) is -0.405. The predicted octanol–water partition coefficient (Wildman–Crippen LogP) is 3.41. The minimum absolute atomic E-state index is 0.400. The van der Waals surface area contributed by atoms with Crippen LogP contribution in [0.5, 0.6) is 0 Å². The molecule has 0 N–H and O–H groups in total. The van der Waals surface area contributed by atoms with Crippen LogP contribution in [0.3, 0.4) is 0 Å². The summed E-state index contributed by atoms with van der Waals surface area (Å²) in [6, 6.07) is 5.48. The molecular formula is C14H16BrNO2. The van der Waals surface area contributed by atoms with Crippen LogP contribution in [0.25, 0.3) is 0 Å². The first-order valence-corrected chi connectivity index (χ1v) is 7.00. The van der Waals surface area contributed by atoms with Gasteiger partial charge in [0.05, 0.1) is 11.3 Å². The molecule has 0 saturated carbocycles. The molecule has 1 aromatic rings. The van der Waals surface area contributed by atoms with Crippen molar-refractivity contribution in [2.75, 3.05) is 11.4 Å². The highest BCUT2D eigenvalue weighted by molar-refractivity contribution is 9.10. The molecule has 1 aliphatic heterocycles. The Balaban J connectivity index is 2.32. The van der Waals surface area contributed by atoms with Crippen LogP contribution in [-0.4, -0.2) is 18.2 Å². The molecule has 1 unspecified atom stereocenters. The molecule has 0 bridgehead atoms. The molecule has 1 aliphatic rings. The lowest BCUT2D eigenvalue weighted by Gasteiger charge is -2.20. The summed E-state index contributed by atoms with van der Waals surface area (Å²) in [7, 11) is 0. The number of ketones is 1. The van der Waals surface area contributed by atoms with E-state index in [2.05, 4.69) is 29.8 Å². The molecule has 1 aromatic carbocycles. The van der Waals surface area contributed by atoms with Crippen LogP contribution in [0.1, 0.15) is 37.0 Å². The first-order valence-electron chi connectivity index (χ1n) is 6.21. The van der Waals surface area contributed by atoms with Gasteiger partial charge in [0.2, 0.25) is 0 Å². The predicted molar refractivity (Wildman–Crippen MR) is 74.9 cm³/mol. The van der Waals surface area contributed by atoms with Crippen molar-refractivity contribution in [3.63, 3.8) is 0 Å². The van der Waals surface area contributed by atoms with Crippen molar-refractivity contribution in [2.24, 2.45) is 5.92 Å². The Hall–Kier alpha value is -1.16. The topological polar surface area (TPSA) is 37.4 Å². The number of rotatable bonds is 4. The van der Waals surface area contributed by atoms with E-state index in [1.165, 1.54) is 0 Å². The molecule has 1 heterocycles. The maximum absolute atomic E-state index is 12.0. The van der Waals surface area contributed by atoms with Gasteiger partial charge in [0.25, 0.3) is 11.7 Å². The SMILES string of the molecule is CCCC(C)CN1C(=O)C(=O)c2c(Br)cccc21. The smallest absolute Gasteiger partial charge is 0.299 e. The summed E-state index contributed by atoms with van der Waals surface area (Å²) in [6.07, 6.45) is 2.14. The number of anilines is 1. The molecule has 0 fully saturated rings. The largest absolute Gasteiger partial charge is 0.304 e. The van der Waals surface area contributed by atoms with E-state index in [9.17, 15) is 9.59 Å². The molecule has 1 amide bonds. The van der Waals surface area contributed by atoms with Gasteiger partial charge in [-0.05, 0) is 40.4 Å². The zero-order chi connectivity index (χ0) is 13.3. The summed E-state index contributed by atoms with van der Waals surface area (Å²) in [4.78, 5) is 25.6. The van der Waals surface area contributed by atoms with Crippen LogP contribution in [-0.2, 0) is 4.79 Å². The maximum Gasteiger partial charge on any atom is 0.299 e. The van der Waals surface area contributed by atoms with Crippen LogP contribution in [0.2, 0.25) is 0 Å². The standard InChI is InChI=1S/C14H16BrNO2/c1-3-5-9(2)8-16-11-7-4-6-10(15)12(11)13(17)14(16)18/h4,6-7,9H,3,5,8H2,1-2H3. The fraction of sp³-hybridized carbons (Fsp3) is 0.429. The maximum atomic E-state index is 12.0. The van der Waals surface area contributed by atoms with Gasteiger partial charge in [-0.15, -0.1) is 0 Å². The van der Waals surface area contributed by atoms with Crippen LogP contribution in [0, 0.1) is 5.92 Å². The molecule has 0 radical (unpaired) electrons. The summed E-state index contributed by atoms with van der Waals surface area (Å²) in [5.41, 5.74) is 1.24. The van der Waals surface area contributed by atoms with E-state index in [-0.39, 0.29) is 0 Å². The van der Waals surface area contributed by atoms with Crippen molar-refractivity contribution >= 4 is 33.3 Å². The monoisotopic (exact) mass is 309 g/mol. The van der Waals surface area contributed by atoms with Crippen LogP contribution >= 0.6 is 15.9 Å². The van der Waals surface area contributed by atoms with Gasteiger partial charge in [-0.2, -0.15) is 0 Å². The molecule has 0 aromatic heterocycles. The number of nitrogens with zero attached hydrogens (tertiary/aromatic N) is 1. The van der Waals surface area contributed by atoms with Crippen molar-refractivity contribution in [2.45, 2.75) is 26.7 Å². The Bertz CT molecular complexity index is 499. The summed E-state index contributed by atoms with van der Waals surface area (Å²) < 4.78 is 0.698. The Morgan fingerprint density at radius 3 is 2.72 bits per heavy atom. The highest BCUT2D eigenvalue weighted by Gasteiger charge is 2.37. The average molecular weight is 310 g/mol. The van der Waals surface area contributed by atoms with Crippen LogP contribution in [0.15, 0.2) is 22.7 Å². The molecule has 0 aliphatic carbocycles. The van der Waals surface area contributed by atoms with Gasteiger partial charge < -0.3 is 4.90 Å². The quantitative estimate of drug-likeness (QED) is 0.799. The summed E-state index contributed by atoms with van der Waals surface area (Å²) in [6.45, 7) is 4.84. The second-order valence-corrected chi connectivity index (χ2v) is 5.63. The number of benzene rings is 1. The minimum atomic E-state index is -0.403. The van der Waals surface area contributed by atoms with Crippen molar-refractivity contribution in [1.82, 2.24) is 0 Å². The van der Waals surface area contributed by atoms with Gasteiger partial charge in [0.1, 0.15) is 0 Å². The Morgan fingerprint density at radius 2 is 2.06 bits per heavy atom. The fourth-order valence-corrected chi connectivity index (χ4v) is 2.91. The van der Waals surface area contributed by atoms with Gasteiger partial charge >= 0.3 is 0 Å². The van der Waals surface area contributed by atoms with E-state index in [4.69, 9.17) is 0 Å². The van der Waals surface area contributed by atoms with Crippen LogP contribution < -0.4 is 4.90 Å². The average Bonchev–Trinajstić information content (AvgIpc) is 2.56. The zero-order valence-corrected chi connectivity index (χ0v) is 12.2. The normalized spacial score (nSPS) is 16.1. The molecule has 0 spiro atoms. The number of carbonyl (C=O) groups is 2. The Morgan fingerprint density at radius 1 is 1.33 bits per heavy atom. The number of hydrogen-bond donors (Lipinski definition) is 0. The van der Waals surface area contributed by atoms with Gasteiger partial charge in [0, 0.05) is 11.0 Å². The molecule has 4 heteroatoms. The second-order valence-electron chi connectivity index (χ2n) is 4.77. The van der Waals surface area contributed by atoms with Gasteiger partial charge in [-0.25, -0.2) is 0 Å². The highest BCUT2D eigenvalue weighted by Crippen LogP contribution is 2.34. The Labute approximate surface area is 115 Å². The van der Waals surface area contributed by atoms with Crippen molar-refractivity contribution in [1.29, 1.82) is 0 Å². The van der Waals surface area contributed by atoms with Gasteiger partial charge in [0.15, 0.2) is 0 Å². The third kappa shape index (κ3) is 2.21. The van der Waals surface area contributed by atoms with E-state index in [1.54, 1.807) is 11.0 Å².